The molecule has 0 atom stereocenters. The van der Waals surface area contributed by atoms with Crippen LogP contribution in [0, 0.1) is 0 Å². The Hall–Kier alpha value is -5.98. The largest absolute Gasteiger partial charge is 0.0622 e. The zero-order valence-electron chi connectivity index (χ0n) is 32.0. The molecular formula is C54H44. The van der Waals surface area contributed by atoms with Crippen LogP contribution >= 0.6 is 0 Å². The highest BCUT2D eigenvalue weighted by Crippen LogP contribution is 2.55. The monoisotopic (exact) mass is 692 g/mol. The lowest BCUT2D eigenvalue weighted by atomic mass is 9.76. The van der Waals surface area contributed by atoms with E-state index in [1.54, 1.807) is 0 Å². The lowest BCUT2D eigenvalue weighted by molar-refractivity contribution is 0.590. The average molecular weight is 693 g/mol. The maximum atomic E-state index is 2.50. The first-order valence-electron chi connectivity index (χ1n) is 19.4. The molecule has 0 aliphatic carbocycles. The Kier molecular flexibility index (Phi) is 7.11. The topological polar surface area (TPSA) is 0 Å². The Morgan fingerprint density at radius 1 is 0.278 bits per heavy atom. The smallest absolute Gasteiger partial charge is 0.000696 e. The minimum atomic E-state index is 0.0729. The molecule has 0 amide bonds. The molecule has 0 bridgehead atoms. The van der Waals surface area contributed by atoms with Gasteiger partial charge in [-0.1, -0.05) is 187 Å². The fourth-order valence-corrected chi connectivity index (χ4v) is 9.18. The third-order valence-corrected chi connectivity index (χ3v) is 11.9. The summed E-state index contributed by atoms with van der Waals surface area (Å²) in [6, 6.07) is 59.8. The van der Waals surface area contributed by atoms with Crippen LogP contribution in [0.15, 0.2) is 158 Å². The van der Waals surface area contributed by atoms with Crippen LogP contribution in [0.3, 0.4) is 0 Å². The lowest BCUT2D eigenvalue weighted by Crippen LogP contribution is -2.10. The van der Waals surface area contributed by atoms with Crippen LogP contribution in [0.1, 0.15) is 52.7 Å². The number of hydrogen-bond donors (Lipinski definition) is 0. The van der Waals surface area contributed by atoms with Gasteiger partial charge < -0.3 is 0 Å². The molecule has 0 nitrogen and oxygen atoms in total. The van der Waals surface area contributed by atoms with Crippen molar-refractivity contribution >= 4 is 53.9 Å². The van der Waals surface area contributed by atoms with Crippen LogP contribution in [0.2, 0.25) is 0 Å². The molecule has 0 aliphatic heterocycles. The van der Waals surface area contributed by atoms with Gasteiger partial charge in [0.05, 0.1) is 0 Å². The molecule has 0 spiro atoms. The molecule has 10 aromatic carbocycles. The van der Waals surface area contributed by atoms with Gasteiger partial charge in [-0.25, -0.2) is 0 Å². The van der Waals surface area contributed by atoms with E-state index < -0.39 is 0 Å². The van der Waals surface area contributed by atoms with Crippen LogP contribution in [-0.2, 0) is 10.8 Å². The summed E-state index contributed by atoms with van der Waals surface area (Å²) in [7, 11) is 0. The van der Waals surface area contributed by atoms with Crippen molar-refractivity contribution < 1.29 is 0 Å². The highest BCUT2D eigenvalue weighted by atomic mass is 14.3. The molecule has 0 fully saturated rings. The van der Waals surface area contributed by atoms with E-state index in [0.29, 0.717) is 0 Å². The molecule has 10 rings (SSSR count). The molecule has 0 unspecified atom stereocenters. The molecule has 0 heteroatoms. The zero-order chi connectivity index (χ0) is 36.9. The zero-order valence-corrected chi connectivity index (χ0v) is 32.0. The molecule has 0 saturated carbocycles. The van der Waals surface area contributed by atoms with Crippen LogP contribution in [0.25, 0.3) is 98.4 Å². The van der Waals surface area contributed by atoms with Gasteiger partial charge in [-0.3, -0.25) is 0 Å². The number of benzene rings is 10. The highest BCUT2D eigenvalue weighted by Gasteiger charge is 2.27. The summed E-state index contributed by atoms with van der Waals surface area (Å²) < 4.78 is 0. The van der Waals surface area contributed by atoms with Crippen molar-refractivity contribution in [2.24, 2.45) is 0 Å². The quantitative estimate of drug-likeness (QED) is 0.127. The Balaban J connectivity index is 1.47. The van der Waals surface area contributed by atoms with Crippen LogP contribution in [-0.4, -0.2) is 0 Å². The molecule has 0 radical (unpaired) electrons. The van der Waals surface area contributed by atoms with E-state index in [2.05, 4.69) is 199 Å². The highest BCUT2D eigenvalue weighted by molar-refractivity contribution is 6.44. The van der Waals surface area contributed by atoms with Crippen LogP contribution in [0.5, 0.6) is 0 Å². The second-order valence-corrected chi connectivity index (χ2v) is 17.3. The summed E-state index contributed by atoms with van der Waals surface area (Å²) in [5.41, 5.74) is 13.0. The maximum Gasteiger partial charge on any atom is -0.000696 e. The van der Waals surface area contributed by atoms with Gasteiger partial charge in [0.25, 0.3) is 0 Å². The first kappa shape index (κ1) is 32.7. The predicted octanol–water partition coefficient (Wildman–Crippen LogP) is 15.6. The van der Waals surface area contributed by atoms with Gasteiger partial charge in [0.15, 0.2) is 0 Å². The van der Waals surface area contributed by atoms with Gasteiger partial charge in [-0.2, -0.15) is 0 Å². The molecule has 0 heterocycles. The van der Waals surface area contributed by atoms with E-state index in [0.717, 1.165) is 0 Å². The molecule has 10 aromatic rings. The lowest BCUT2D eigenvalue weighted by Gasteiger charge is -2.26. The van der Waals surface area contributed by atoms with E-state index in [1.165, 1.54) is 109 Å². The SMILES string of the molecule is CC(C)(C)c1ccc(-c2c3cccc4c(-c5ccccc5)cc5c(-c6ccc(C(C)(C)C)cc6)c6cccc7c(-c8ccccc8)cc2c(c76)c5c43)cc1. The molecule has 54 heavy (non-hydrogen) atoms. The maximum absolute atomic E-state index is 2.50. The van der Waals surface area contributed by atoms with Crippen LogP contribution < -0.4 is 0 Å². The third-order valence-electron chi connectivity index (χ3n) is 11.9. The standard InChI is InChI=1S/C54H44/c1-53(2,3)37-27-23-35(24-28-37)47-41-21-13-19-39-44(34-17-11-8-12-18-34)32-46-48(36-25-29-38(30-26-36)54(4,5)6)42-22-14-20-40-43(33-15-9-7-10-16-33)31-45(47)51(50(40)42)52(46)49(39)41/h7-32H,1-6H3. The summed E-state index contributed by atoms with van der Waals surface area (Å²) in [5, 5.41) is 13.3. The molecular weight excluding hydrogens is 649 g/mol. The van der Waals surface area contributed by atoms with Gasteiger partial charge in [0.2, 0.25) is 0 Å². The second-order valence-electron chi connectivity index (χ2n) is 17.3. The van der Waals surface area contributed by atoms with Crippen molar-refractivity contribution in [1.82, 2.24) is 0 Å². The van der Waals surface area contributed by atoms with Crippen molar-refractivity contribution in [3.05, 3.63) is 169 Å². The molecule has 0 N–H and O–H groups in total. The molecule has 260 valence electrons. The van der Waals surface area contributed by atoms with E-state index >= 15 is 0 Å². The summed E-state index contributed by atoms with van der Waals surface area (Å²) >= 11 is 0. The summed E-state index contributed by atoms with van der Waals surface area (Å²) in [4.78, 5) is 0. The first-order chi connectivity index (χ1) is 26.1. The first-order valence-corrected chi connectivity index (χ1v) is 19.4. The minimum Gasteiger partial charge on any atom is -0.0622 e. The average Bonchev–Trinajstić information content (AvgIpc) is 3.18. The Morgan fingerprint density at radius 3 is 0.981 bits per heavy atom. The number of hydrogen-bond acceptors (Lipinski definition) is 0. The molecule has 0 aromatic heterocycles. The van der Waals surface area contributed by atoms with Gasteiger partial charge in [-0.05, 0) is 132 Å². The predicted molar refractivity (Wildman–Crippen MR) is 235 cm³/mol. The summed E-state index contributed by atoms with van der Waals surface area (Å²) in [6.45, 7) is 13.8. The van der Waals surface area contributed by atoms with Gasteiger partial charge in [-0.15, -0.1) is 0 Å². The van der Waals surface area contributed by atoms with E-state index in [4.69, 9.17) is 0 Å². The minimum absolute atomic E-state index is 0.0729. The third kappa shape index (κ3) is 4.90. The van der Waals surface area contributed by atoms with Gasteiger partial charge >= 0.3 is 0 Å². The van der Waals surface area contributed by atoms with Crippen molar-refractivity contribution in [2.75, 3.05) is 0 Å². The summed E-state index contributed by atoms with van der Waals surface area (Å²) in [6.07, 6.45) is 0. The van der Waals surface area contributed by atoms with Gasteiger partial charge in [0, 0.05) is 0 Å². The van der Waals surface area contributed by atoms with Crippen LogP contribution in [0.4, 0.5) is 0 Å². The van der Waals surface area contributed by atoms with Gasteiger partial charge in [0.1, 0.15) is 0 Å². The second kappa shape index (κ2) is 11.8. The van der Waals surface area contributed by atoms with Crippen molar-refractivity contribution in [3.8, 4) is 44.5 Å². The Morgan fingerprint density at radius 2 is 0.630 bits per heavy atom. The summed E-state index contributed by atoms with van der Waals surface area (Å²) in [5.74, 6) is 0. The van der Waals surface area contributed by atoms with E-state index in [-0.39, 0.29) is 10.8 Å². The van der Waals surface area contributed by atoms with Crippen molar-refractivity contribution in [3.63, 3.8) is 0 Å². The number of rotatable bonds is 4. The Bertz CT molecular complexity index is 2780. The normalized spacial score (nSPS) is 12.6. The van der Waals surface area contributed by atoms with Crippen molar-refractivity contribution in [2.45, 2.75) is 52.4 Å². The molecule has 0 aliphatic rings. The fraction of sp³-hybridized carbons (Fsp3) is 0.148. The van der Waals surface area contributed by atoms with E-state index in [1.807, 2.05) is 0 Å². The fourth-order valence-electron chi connectivity index (χ4n) is 9.18. The molecule has 0 saturated heterocycles. The van der Waals surface area contributed by atoms with E-state index in [9.17, 15) is 0 Å². The Labute approximate surface area is 318 Å². The van der Waals surface area contributed by atoms with Crippen molar-refractivity contribution in [1.29, 1.82) is 0 Å².